The molecular weight excluding hydrogens is 274 g/mol. The number of carbonyl (C=O) groups is 3. The Morgan fingerprint density at radius 1 is 1.10 bits per heavy atom. The molecule has 2 fully saturated rings. The summed E-state index contributed by atoms with van der Waals surface area (Å²) in [5.74, 6) is -1.67. The van der Waals surface area contributed by atoms with Gasteiger partial charge in [0.15, 0.2) is 0 Å². The van der Waals surface area contributed by atoms with Gasteiger partial charge in [-0.25, -0.2) is 4.79 Å². The Bertz CT molecular complexity index is 412. The number of nitrogens with zero attached hydrogens (tertiary/aromatic N) is 2. The van der Waals surface area contributed by atoms with E-state index in [0.717, 1.165) is 25.7 Å². The minimum Gasteiger partial charge on any atom is -0.481 e. The number of carboxylic acid groups (broad SMARTS) is 1. The number of amides is 3. The molecule has 3 N–H and O–H groups in total. The van der Waals surface area contributed by atoms with Gasteiger partial charge in [0.05, 0.1) is 5.92 Å². The summed E-state index contributed by atoms with van der Waals surface area (Å²) in [7, 11) is 0. The number of hydrogen-bond acceptors (Lipinski definition) is 3. The molecule has 1 saturated carbocycles. The highest BCUT2D eigenvalue weighted by molar-refractivity contribution is 5.83. The Balaban J connectivity index is 1.98. The van der Waals surface area contributed by atoms with Gasteiger partial charge in [-0.15, -0.1) is 0 Å². The Morgan fingerprint density at radius 2 is 1.67 bits per heavy atom. The van der Waals surface area contributed by atoms with Gasteiger partial charge in [0.2, 0.25) is 5.91 Å². The topological polar surface area (TPSA) is 104 Å². The van der Waals surface area contributed by atoms with Crippen molar-refractivity contribution in [3.8, 4) is 0 Å². The lowest BCUT2D eigenvalue weighted by molar-refractivity contribution is -0.143. The predicted molar refractivity (Wildman–Crippen MR) is 75.5 cm³/mol. The summed E-state index contributed by atoms with van der Waals surface area (Å²) < 4.78 is 0. The van der Waals surface area contributed by atoms with Crippen LogP contribution in [0, 0.1) is 5.92 Å². The first kappa shape index (κ1) is 15.6. The molecule has 0 aromatic heterocycles. The van der Waals surface area contributed by atoms with Gasteiger partial charge >= 0.3 is 12.0 Å². The molecule has 1 aliphatic heterocycles. The molecule has 3 amide bonds. The molecule has 0 aromatic carbocycles. The molecule has 1 aliphatic carbocycles. The first-order valence-corrected chi connectivity index (χ1v) is 7.55. The van der Waals surface area contributed by atoms with Crippen molar-refractivity contribution < 1.29 is 19.5 Å². The van der Waals surface area contributed by atoms with Crippen molar-refractivity contribution in [1.82, 2.24) is 9.80 Å². The van der Waals surface area contributed by atoms with Crippen LogP contribution in [-0.2, 0) is 9.59 Å². The molecule has 7 heteroatoms. The van der Waals surface area contributed by atoms with Crippen LogP contribution in [0.3, 0.4) is 0 Å². The smallest absolute Gasteiger partial charge is 0.320 e. The van der Waals surface area contributed by atoms with Crippen molar-refractivity contribution in [2.45, 2.75) is 44.6 Å². The first-order chi connectivity index (χ1) is 9.99. The van der Waals surface area contributed by atoms with E-state index in [0.29, 0.717) is 25.9 Å². The van der Waals surface area contributed by atoms with E-state index in [2.05, 4.69) is 0 Å². The molecule has 1 saturated heterocycles. The van der Waals surface area contributed by atoms with Crippen molar-refractivity contribution >= 4 is 17.9 Å². The lowest BCUT2D eigenvalue weighted by Crippen LogP contribution is -2.52. The Morgan fingerprint density at radius 3 is 2.14 bits per heavy atom. The number of primary amides is 1. The molecule has 0 aromatic rings. The van der Waals surface area contributed by atoms with Crippen molar-refractivity contribution in [1.29, 1.82) is 0 Å². The van der Waals surface area contributed by atoms with Crippen LogP contribution < -0.4 is 5.73 Å². The highest BCUT2D eigenvalue weighted by Crippen LogP contribution is 2.26. The summed E-state index contributed by atoms with van der Waals surface area (Å²) in [5, 5.41) is 8.99. The molecule has 0 unspecified atom stereocenters. The maximum atomic E-state index is 12.6. The number of likely N-dealkylation sites (tertiary alicyclic amines) is 1. The molecule has 0 atom stereocenters. The van der Waals surface area contributed by atoms with Gasteiger partial charge in [-0.1, -0.05) is 12.8 Å². The van der Waals surface area contributed by atoms with Crippen LogP contribution in [-0.4, -0.2) is 58.5 Å². The highest BCUT2D eigenvalue weighted by atomic mass is 16.4. The number of urea groups is 1. The lowest BCUT2D eigenvalue weighted by Gasteiger charge is -2.36. The van der Waals surface area contributed by atoms with E-state index in [1.54, 1.807) is 9.80 Å². The number of carboxylic acids is 1. The molecule has 2 aliphatic rings. The van der Waals surface area contributed by atoms with Gasteiger partial charge in [0, 0.05) is 19.1 Å². The molecule has 7 nitrogen and oxygen atoms in total. The van der Waals surface area contributed by atoms with Crippen LogP contribution in [0.5, 0.6) is 0 Å². The predicted octanol–water partition coefficient (Wildman–Crippen LogP) is 0.633. The van der Waals surface area contributed by atoms with Gasteiger partial charge in [0.25, 0.3) is 0 Å². The lowest BCUT2D eigenvalue weighted by atomic mass is 9.97. The van der Waals surface area contributed by atoms with E-state index < -0.39 is 11.9 Å². The third-order valence-corrected chi connectivity index (χ3v) is 4.45. The molecule has 0 spiro atoms. The standard InChI is InChI=1S/C14H23N3O4/c15-12(18)9-17(11-3-1-2-4-11)14(21)16-7-5-10(6-8-16)13(19)20/h10-11H,1-9H2,(H2,15,18)(H,19,20). The van der Waals surface area contributed by atoms with E-state index in [4.69, 9.17) is 10.8 Å². The second-order valence-electron chi connectivity index (χ2n) is 5.91. The number of hydrogen-bond donors (Lipinski definition) is 2. The van der Waals surface area contributed by atoms with Gasteiger partial charge in [-0.3, -0.25) is 9.59 Å². The SMILES string of the molecule is NC(=O)CN(C(=O)N1CCC(C(=O)O)CC1)C1CCCC1. The number of nitrogens with two attached hydrogens (primary N) is 1. The second kappa shape index (κ2) is 6.78. The maximum absolute atomic E-state index is 12.6. The average molecular weight is 297 g/mol. The van der Waals surface area contributed by atoms with Gasteiger partial charge in [0.1, 0.15) is 6.54 Å². The molecule has 1 heterocycles. The number of carbonyl (C=O) groups excluding carboxylic acids is 2. The summed E-state index contributed by atoms with van der Waals surface area (Å²) >= 11 is 0. The first-order valence-electron chi connectivity index (χ1n) is 7.55. The Hall–Kier alpha value is -1.79. The largest absolute Gasteiger partial charge is 0.481 e. The van der Waals surface area contributed by atoms with E-state index in [-0.39, 0.29) is 24.5 Å². The Kier molecular flexibility index (Phi) is 5.03. The van der Waals surface area contributed by atoms with Crippen LogP contribution >= 0.6 is 0 Å². The molecular formula is C14H23N3O4. The normalized spacial score (nSPS) is 20.5. The quantitative estimate of drug-likeness (QED) is 0.794. The van der Waals surface area contributed by atoms with Crippen molar-refractivity contribution in [3.63, 3.8) is 0 Å². The summed E-state index contributed by atoms with van der Waals surface area (Å²) in [6.07, 6.45) is 4.88. The van der Waals surface area contributed by atoms with E-state index in [1.165, 1.54) is 0 Å². The van der Waals surface area contributed by atoms with Crippen molar-refractivity contribution in [3.05, 3.63) is 0 Å². The number of rotatable bonds is 4. The zero-order valence-electron chi connectivity index (χ0n) is 12.2. The average Bonchev–Trinajstić information content (AvgIpc) is 2.98. The summed E-state index contributed by atoms with van der Waals surface area (Å²) in [5.41, 5.74) is 5.26. The minimum absolute atomic E-state index is 0.0532. The van der Waals surface area contributed by atoms with Crippen LogP contribution in [0.25, 0.3) is 0 Å². The van der Waals surface area contributed by atoms with Crippen molar-refractivity contribution in [2.24, 2.45) is 11.7 Å². The molecule has 118 valence electrons. The fraction of sp³-hybridized carbons (Fsp3) is 0.786. The summed E-state index contributed by atoms with van der Waals surface area (Å²) in [4.78, 5) is 38.0. The fourth-order valence-electron chi connectivity index (χ4n) is 3.24. The van der Waals surface area contributed by atoms with E-state index in [1.807, 2.05) is 0 Å². The highest BCUT2D eigenvalue weighted by Gasteiger charge is 2.33. The molecule has 2 rings (SSSR count). The van der Waals surface area contributed by atoms with Gasteiger partial charge < -0.3 is 20.6 Å². The van der Waals surface area contributed by atoms with Crippen LogP contribution in [0.1, 0.15) is 38.5 Å². The van der Waals surface area contributed by atoms with E-state index in [9.17, 15) is 14.4 Å². The maximum Gasteiger partial charge on any atom is 0.320 e. The van der Waals surface area contributed by atoms with Crippen molar-refractivity contribution in [2.75, 3.05) is 19.6 Å². The molecule has 21 heavy (non-hydrogen) atoms. The second-order valence-corrected chi connectivity index (χ2v) is 5.91. The van der Waals surface area contributed by atoms with Crippen LogP contribution in [0.2, 0.25) is 0 Å². The van der Waals surface area contributed by atoms with Crippen LogP contribution in [0.4, 0.5) is 4.79 Å². The third-order valence-electron chi connectivity index (χ3n) is 4.45. The summed E-state index contributed by atoms with van der Waals surface area (Å²) in [6.45, 7) is 0.803. The zero-order chi connectivity index (χ0) is 15.4. The van der Waals surface area contributed by atoms with Gasteiger partial charge in [-0.2, -0.15) is 0 Å². The minimum atomic E-state index is -0.799. The Labute approximate surface area is 124 Å². The monoisotopic (exact) mass is 297 g/mol. The zero-order valence-corrected chi connectivity index (χ0v) is 12.2. The fourth-order valence-corrected chi connectivity index (χ4v) is 3.24. The van der Waals surface area contributed by atoms with Gasteiger partial charge in [-0.05, 0) is 25.7 Å². The van der Waals surface area contributed by atoms with Crippen LogP contribution in [0.15, 0.2) is 0 Å². The summed E-state index contributed by atoms with van der Waals surface area (Å²) in [6, 6.07) is -0.0910. The molecule has 0 bridgehead atoms. The molecule has 0 radical (unpaired) electrons. The van der Waals surface area contributed by atoms with E-state index >= 15 is 0 Å². The number of piperidine rings is 1. The number of aliphatic carboxylic acids is 1. The third kappa shape index (κ3) is 3.86.